The van der Waals surface area contributed by atoms with Crippen LogP contribution in [-0.2, 0) is 4.79 Å². The van der Waals surface area contributed by atoms with E-state index in [0.717, 1.165) is 5.69 Å². The van der Waals surface area contributed by atoms with E-state index in [-0.39, 0.29) is 17.5 Å². The number of benzene rings is 2. The van der Waals surface area contributed by atoms with E-state index in [1.165, 1.54) is 0 Å². The molecule has 0 saturated carbocycles. The molecule has 0 atom stereocenters. The van der Waals surface area contributed by atoms with Crippen molar-refractivity contribution in [2.24, 2.45) is 0 Å². The molecule has 1 aliphatic heterocycles. The number of carbonyl (C=O) groups excluding carboxylic acids is 2. The van der Waals surface area contributed by atoms with Crippen LogP contribution in [0.15, 0.2) is 69.9 Å². The first-order chi connectivity index (χ1) is 14.6. The number of nitrogens with one attached hydrogen (secondary N) is 2. The van der Waals surface area contributed by atoms with Crippen molar-refractivity contribution in [2.45, 2.75) is 18.9 Å². The van der Waals surface area contributed by atoms with E-state index in [2.05, 4.69) is 15.5 Å². The molecule has 1 aliphatic rings. The van der Waals surface area contributed by atoms with Gasteiger partial charge < -0.3 is 15.1 Å². The zero-order valence-electron chi connectivity index (χ0n) is 16.5. The van der Waals surface area contributed by atoms with Gasteiger partial charge >= 0.3 is 5.63 Å². The Morgan fingerprint density at radius 1 is 1.00 bits per heavy atom. The second-order valence-corrected chi connectivity index (χ2v) is 7.42. The third-order valence-corrected chi connectivity index (χ3v) is 5.23. The number of amides is 2. The summed E-state index contributed by atoms with van der Waals surface area (Å²) >= 11 is 0. The summed E-state index contributed by atoms with van der Waals surface area (Å²) in [6.45, 7) is 1.70. The Hall–Kier alpha value is -3.45. The molecule has 2 N–H and O–H groups in total. The Labute approximate surface area is 173 Å². The minimum absolute atomic E-state index is 0.0124. The number of likely N-dealkylation sites (tertiary alicyclic amines) is 1. The lowest BCUT2D eigenvalue weighted by Crippen LogP contribution is -2.47. The first-order valence-corrected chi connectivity index (χ1v) is 9.99. The molecule has 1 saturated heterocycles. The maximum absolute atomic E-state index is 12.6. The van der Waals surface area contributed by atoms with Crippen molar-refractivity contribution in [3.8, 4) is 0 Å². The van der Waals surface area contributed by atoms with E-state index in [1.54, 1.807) is 24.3 Å². The van der Waals surface area contributed by atoms with Gasteiger partial charge in [0.15, 0.2) is 0 Å². The van der Waals surface area contributed by atoms with Crippen LogP contribution in [0.4, 0.5) is 5.69 Å². The van der Waals surface area contributed by atoms with Gasteiger partial charge in [0.05, 0.1) is 6.54 Å². The zero-order valence-corrected chi connectivity index (χ0v) is 16.5. The largest absolute Gasteiger partial charge is 0.422 e. The Kier molecular flexibility index (Phi) is 5.90. The summed E-state index contributed by atoms with van der Waals surface area (Å²) in [5, 5.41) is 6.52. The van der Waals surface area contributed by atoms with Crippen molar-refractivity contribution in [1.82, 2.24) is 10.2 Å². The number of anilines is 1. The number of nitrogens with zero attached hydrogens (tertiary/aromatic N) is 1. The summed E-state index contributed by atoms with van der Waals surface area (Å²) < 4.78 is 5.24. The fourth-order valence-electron chi connectivity index (χ4n) is 3.64. The van der Waals surface area contributed by atoms with Gasteiger partial charge in [-0.2, -0.15) is 0 Å². The van der Waals surface area contributed by atoms with E-state index < -0.39 is 11.5 Å². The standard InChI is InChI=1S/C23H23N3O4/c27-21(24-17-7-2-1-3-8-17)15-26-12-10-18(11-13-26)25-22(28)19-14-16-6-4-5-9-20(16)30-23(19)29/h1-9,14,18H,10-13,15H2,(H,24,27)(H,25,28). The first-order valence-electron chi connectivity index (χ1n) is 9.99. The van der Waals surface area contributed by atoms with Crippen LogP contribution >= 0.6 is 0 Å². The number of hydrogen-bond acceptors (Lipinski definition) is 5. The summed E-state index contributed by atoms with van der Waals surface area (Å²) in [5.74, 6) is -0.479. The molecule has 0 radical (unpaired) electrons. The van der Waals surface area contributed by atoms with Crippen LogP contribution < -0.4 is 16.3 Å². The predicted molar refractivity (Wildman–Crippen MR) is 114 cm³/mol. The highest BCUT2D eigenvalue weighted by Gasteiger charge is 2.24. The molecular weight excluding hydrogens is 382 g/mol. The van der Waals surface area contributed by atoms with E-state index in [0.29, 0.717) is 43.4 Å². The summed E-state index contributed by atoms with van der Waals surface area (Å²) in [5.41, 5.74) is 0.611. The van der Waals surface area contributed by atoms with Gasteiger partial charge in [0.2, 0.25) is 5.91 Å². The van der Waals surface area contributed by atoms with Crippen LogP contribution in [0.3, 0.4) is 0 Å². The fourth-order valence-corrected chi connectivity index (χ4v) is 3.64. The lowest BCUT2D eigenvalue weighted by molar-refractivity contribution is -0.117. The Morgan fingerprint density at radius 3 is 2.47 bits per heavy atom. The molecular formula is C23H23N3O4. The van der Waals surface area contributed by atoms with Gasteiger partial charge in [-0.15, -0.1) is 0 Å². The molecule has 2 aromatic carbocycles. The van der Waals surface area contributed by atoms with Gasteiger partial charge in [-0.3, -0.25) is 14.5 Å². The summed E-state index contributed by atoms with van der Waals surface area (Å²) in [6, 6.07) is 18.0. The highest BCUT2D eigenvalue weighted by molar-refractivity contribution is 5.96. The fraction of sp³-hybridized carbons (Fsp3) is 0.261. The Morgan fingerprint density at radius 2 is 1.70 bits per heavy atom. The van der Waals surface area contributed by atoms with Gasteiger partial charge in [-0.25, -0.2) is 4.79 Å². The van der Waals surface area contributed by atoms with Crippen molar-refractivity contribution in [1.29, 1.82) is 0 Å². The average Bonchev–Trinajstić information content (AvgIpc) is 2.75. The van der Waals surface area contributed by atoms with Crippen molar-refractivity contribution in [2.75, 3.05) is 25.0 Å². The first kappa shape index (κ1) is 19.8. The number of carbonyl (C=O) groups is 2. The van der Waals surface area contributed by atoms with E-state index in [9.17, 15) is 14.4 Å². The normalized spacial score (nSPS) is 15.1. The van der Waals surface area contributed by atoms with Gasteiger partial charge in [0, 0.05) is 30.2 Å². The molecule has 7 nitrogen and oxygen atoms in total. The van der Waals surface area contributed by atoms with Crippen LogP contribution in [-0.4, -0.2) is 42.4 Å². The molecule has 1 aromatic heterocycles. The van der Waals surface area contributed by atoms with E-state index >= 15 is 0 Å². The van der Waals surface area contributed by atoms with Crippen LogP contribution in [0.2, 0.25) is 0 Å². The lowest BCUT2D eigenvalue weighted by Gasteiger charge is -2.31. The number of hydrogen-bond donors (Lipinski definition) is 2. The van der Waals surface area contributed by atoms with E-state index in [1.807, 2.05) is 36.4 Å². The van der Waals surface area contributed by atoms with Gasteiger partial charge in [0.25, 0.3) is 5.91 Å². The molecule has 0 unspecified atom stereocenters. The molecule has 30 heavy (non-hydrogen) atoms. The monoisotopic (exact) mass is 405 g/mol. The summed E-state index contributed by atoms with van der Waals surface area (Å²) in [4.78, 5) is 39.0. The van der Waals surface area contributed by atoms with Crippen molar-refractivity contribution < 1.29 is 14.0 Å². The maximum atomic E-state index is 12.6. The molecule has 7 heteroatoms. The number of fused-ring (bicyclic) bond motifs is 1. The molecule has 0 bridgehead atoms. The number of piperidine rings is 1. The summed E-state index contributed by atoms with van der Waals surface area (Å²) in [6.07, 6.45) is 1.42. The van der Waals surface area contributed by atoms with Crippen molar-refractivity contribution >= 4 is 28.5 Å². The maximum Gasteiger partial charge on any atom is 0.349 e. The SMILES string of the molecule is O=C(CN1CCC(NC(=O)c2cc3ccccc3oc2=O)CC1)Nc1ccccc1. The minimum atomic E-state index is -0.638. The van der Waals surface area contributed by atoms with Crippen LogP contribution in [0.25, 0.3) is 11.0 Å². The highest BCUT2D eigenvalue weighted by atomic mass is 16.4. The second kappa shape index (κ2) is 8.92. The van der Waals surface area contributed by atoms with Crippen LogP contribution in [0, 0.1) is 0 Å². The minimum Gasteiger partial charge on any atom is -0.422 e. The topological polar surface area (TPSA) is 91.7 Å². The molecule has 2 heterocycles. The Bertz CT molecular complexity index is 1100. The summed E-state index contributed by atoms with van der Waals surface area (Å²) in [7, 11) is 0. The quantitative estimate of drug-likeness (QED) is 0.637. The van der Waals surface area contributed by atoms with Gasteiger partial charge in [-0.1, -0.05) is 36.4 Å². The molecule has 3 aromatic rings. The molecule has 0 spiro atoms. The van der Waals surface area contributed by atoms with Gasteiger partial charge in [-0.05, 0) is 37.1 Å². The van der Waals surface area contributed by atoms with Gasteiger partial charge in [0.1, 0.15) is 11.1 Å². The molecule has 0 aliphatic carbocycles. The Balaban J connectivity index is 1.29. The lowest BCUT2D eigenvalue weighted by atomic mass is 10.0. The smallest absolute Gasteiger partial charge is 0.349 e. The molecule has 2 amide bonds. The third-order valence-electron chi connectivity index (χ3n) is 5.23. The number of para-hydroxylation sites is 2. The van der Waals surface area contributed by atoms with Crippen LogP contribution in [0.1, 0.15) is 23.2 Å². The van der Waals surface area contributed by atoms with Crippen LogP contribution in [0.5, 0.6) is 0 Å². The average molecular weight is 405 g/mol. The molecule has 154 valence electrons. The van der Waals surface area contributed by atoms with Crippen molar-refractivity contribution in [3.63, 3.8) is 0 Å². The van der Waals surface area contributed by atoms with E-state index in [4.69, 9.17) is 4.42 Å². The molecule has 1 fully saturated rings. The predicted octanol–water partition coefficient (Wildman–Crippen LogP) is 2.63. The third kappa shape index (κ3) is 4.75. The number of rotatable bonds is 5. The highest BCUT2D eigenvalue weighted by Crippen LogP contribution is 2.14. The van der Waals surface area contributed by atoms with Crippen molar-refractivity contribution in [3.05, 3.63) is 76.6 Å². The second-order valence-electron chi connectivity index (χ2n) is 7.42. The zero-order chi connectivity index (χ0) is 20.9. The molecule has 4 rings (SSSR count).